The first-order chi connectivity index (χ1) is 13.9. The summed E-state index contributed by atoms with van der Waals surface area (Å²) >= 11 is 5.96. The van der Waals surface area contributed by atoms with E-state index in [1.165, 1.54) is 5.56 Å². The first-order valence-corrected chi connectivity index (χ1v) is 10.1. The van der Waals surface area contributed by atoms with Gasteiger partial charge >= 0.3 is 6.03 Å². The Morgan fingerprint density at radius 1 is 1.10 bits per heavy atom. The number of hydrogen-bond acceptors (Lipinski definition) is 3. The summed E-state index contributed by atoms with van der Waals surface area (Å²) in [6, 6.07) is 14.3. The molecular formula is C22H22ClN3O3. The number of urea groups is 1. The zero-order chi connectivity index (χ0) is 20.6. The van der Waals surface area contributed by atoms with E-state index in [0.717, 1.165) is 16.9 Å². The quantitative estimate of drug-likeness (QED) is 0.786. The van der Waals surface area contributed by atoms with Crippen LogP contribution in [-0.4, -0.2) is 40.7 Å². The van der Waals surface area contributed by atoms with Gasteiger partial charge in [-0.25, -0.2) is 4.79 Å². The highest BCUT2D eigenvalue weighted by Gasteiger charge is 2.51. The van der Waals surface area contributed by atoms with Crippen molar-refractivity contribution >= 4 is 29.4 Å². The van der Waals surface area contributed by atoms with E-state index in [0.29, 0.717) is 30.1 Å². The number of halogens is 1. The summed E-state index contributed by atoms with van der Waals surface area (Å²) in [7, 11) is 0. The first-order valence-electron chi connectivity index (χ1n) is 9.69. The molecule has 7 heteroatoms. The van der Waals surface area contributed by atoms with Gasteiger partial charge in [0, 0.05) is 18.1 Å². The van der Waals surface area contributed by atoms with Crippen LogP contribution < -0.4 is 5.32 Å². The van der Waals surface area contributed by atoms with Crippen LogP contribution in [0.15, 0.2) is 48.5 Å². The van der Waals surface area contributed by atoms with E-state index in [1.54, 1.807) is 29.2 Å². The molecule has 0 saturated carbocycles. The Bertz CT molecular complexity index is 976. The van der Waals surface area contributed by atoms with Crippen molar-refractivity contribution in [3.05, 3.63) is 70.2 Å². The molecule has 1 atom stereocenters. The molecule has 1 fully saturated rings. The third-order valence-corrected chi connectivity index (χ3v) is 6.07. The number of carbonyl (C=O) groups is 3. The smallest absolute Gasteiger partial charge is 0.325 e. The Hall–Kier alpha value is -2.86. The van der Waals surface area contributed by atoms with Crippen LogP contribution in [-0.2, 0) is 28.1 Å². The summed E-state index contributed by atoms with van der Waals surface area (Å²) in [5, 5.41) is 3.35. The standard InChI is InChI=1S/C22H22ClN3O3/c1-2-22(17-7-9-18(23)10-8-17)20(28)26(21(29)24-22)14-19(27)25-12-11-15-5-3-4-6-16(15)13-25/h3-10H,2,11-14H2,1H3,(H,24,29). The maximum Gasteiger partial charge on any atom is 0.325 e. The van der Waals surface area contributed by atoms with Gasteiger partial charge in [-0.1, -0.05) is 54.9 Å². The van der Waals surface area contributed by atoms with Crippen LogP contribution in [0.2, 0.25) is 5.02 Å². The molecule has 0 bridgehead atoms. The van der Waals surface area contributed by atoms with Gasteiger partial charge in [0.05, 0.1) is 0 Å². The molecular weight excluding hydrogens is 390 g/mol. The van der Waals surface area contributed by atoms with Crippen LogP contribution in [0.5, 0.6) is 0 Å². The largest absolute Gasteiger partial charge is 0.336 e. The molecule has 2 aromatic rings. The molecule has 2 heterocycles. The van der Waals surface area contributed by atoms with Crippen molar-refractivity contribution in [3.8, 4) is 0 Å². The number of nitrogens with one attached hydrogen (secondary N) is 1. The molecule has 29 heavy (non-hydrogen) atoms. The Kier molecular flexibility index (Phi) is 5.04. The summed E-state index contributed by atoms with van der Waals surface area (Å²) in [5.41, 5.74) is 1.83. The van der Waals surface area contributed by atoms with E-state index in [2.05, 4.69) is 11.4 Å². The van der Waals surface area contributed by atoms with E-state index < -0.39 is 17.5 Å². The second-order valence-electron chi connectivity index (χ2n) is 7.42. The number of nitrogens with zero attached hydrogens (tertiary/aromatic N) is 2. The van der Waals surface area contributed by atoms with Gasteiger partial charge in [-0.2, -0.15) is 0 Å². The van der Waals surface area contributed by atoms with Gasteiger partial charge in [-0.05, 0) is 41.7 Å². The monoisotopic (exact) mass is 411 g/mol. The van der Waals surface area contributed by atoms with Crippen molar-refractivity contribution in [1.29, 1.82) is 0 Å². The van der Waals surface area contributed by atoms with Crippen molar-refractivity contribution in [2.75, 3.05) is 13.1 Å². The summed E-state index contributed by atoms with van der Waals surface area (Å²) < 4.78 is 0. The maximum absolute atomic E-state index is 13.2. The van der Waals surface area contributed by atoms with Gasteiger partial charge in [-0.15, -0.1) is 0 Å². The minimum absolute atomic E-state index is 0.231. The zero-order valence-electron chi connectivity index (χ0n) is 16.2. The molecule has 4 rings (SSSR count). The van der Waals surface area contributed by atoms with Gasteiger partial charge in [0.15, 0.2) is 0 Å². The SMILES string of the molecule is CCC1(c2ccc(Cl)cc2)NC(=O)N(CC(=O)N2CCc3ccccc3C2)C1=O. The van der Waals surface area contributed by atoms with Crippen molar-refractivity contribution in [2.24, 2.45) is 0 Å². The average molecular weight is 412 g/mol. The number of rotatable bonds is 4. The number of amides is 4. The van der Waals surface area contributed by atoms with Crippen LogP contribution in [0.3, 0.4) is 0 Å². The predicted molar refractivity (Wildman–Crippen MR) is 109 cm³/mol. The van der Waals surface area contributed by atoms with Crippen LogP contribution in [0.4, 0.5) is 4.79 Å². The number of carbonyl (C=O) groups excluding carboxylic acids is 3. The fourth-order valence-corrected chi connectivity index (χ4v) is 4.21. The third kappa shape index (κ3) is 3.38. The van der Waals surface area contributed by atoms with Gasteiger partial charge in [-0.3, -0.25) is 14.5 Å². The fourth-order valence-electron chi connectivity index (χ4n) is 4.09. The molecule has 0 radical (unpaired) electrons. The predicted octanol–water partition coefficient (Wildman–Crippen LogP) is 3.08. The van der Waals surface area contributed by atoms with E-state index in [-0.39, 0.29) is 12.5 Å². The van der Waals surface area contributed by atoms with E-state index in [4.69, 9.17) is 11.6 Å². The average Bonchev–Trinajstić information content (AvgIpc) is 2.99. The highest BCUT2D eigenvalue weighted by Crippen LogP contribution is 2.33. The Labute approximate surface area is 174 Å². The molecule has 2 aromatic carbocycles. The van der Waals surface area contributed by atoms with Crippen LogP contribution >= 0.6 is 11.6 Å². The van der Waals surface area contributed by atoms with Crippen LogP contribution in [0.1, 0.15) is 30.0 Å². The fraction of sp³-hybridized carbons (Fsp3) is 0.318. The minimum Gasteiger partial charge on any atom is -0.336 e. The normalized spacial score (nSPS) is 21.2. The van der Waals surface area contributed by atoms with Crippen LogP contribution in [0, 0.1) is 0 Å². The lowest BCUT2D eigenvalue weighted by Gasteiger charge is -2.30. The highest BCUT2D eigenvalue weighted by atomic mass is 35.5. The minimum atomic E-state index is -1.17. The molecule has 1 saturated heterocycles. The van der Waals surface area contributed by atoms with Crippen molar-refractivity contribution in [3.63, 3.8) is 0 Å². The van der Waals surface area contributed by atoms with Crippen molar-refractivity contribution in [1.82, 2.24) is 15.1 Å². The zero-order valence-corrected chi connectivity index (χ0v) is 16.9. The van der Waals surface area contributed by atoms with Crippen LogP contribution in [0.25, 0.3) is 0 Å². The van der Waals surface area contributed by atoms with E-state index in [9.17, 15) is 14.4 Å². The second-order valence-corrected chi connectivity index (χ2v) is 7.86. The van der Waals surface area contributed by atoms with E-state index >= 15 is 0 Å². The molecule has 4 amide bonds. The maximum atomic E-state index is 13.2. The number of fused-ring (bicyclic) bond motifs is 1. The van der Waals surface area contributed by atoms with Gasteiger partial charge in [0.1, 0.15) is 12.1 Å². The molecule has 2 aliphatic rings. The Morgan fingerprint density at radius 3 is 2.48 bits per heavy atom. The summed E-state index contributed by atoms with van der Waals surface area (Å²) in [4.78, 5) is 41.4. The highest BCUT2D eigenvalue weighted by molar-refractivity contribution is 6.30. The molecule has 150 valence electrons. The van der Waals surface area contributed by atoms with Gasteiger partial charge in [0.2, 0.25) is 5.91 Å². The van der Waals surface area contributed by atoms with Crippen molar-refractivity contribution < 1.29 is 14.4 Å². The number of benzene rings is 2. The lowest BCUT2D eigenvalue weighted by molar-refractivity contribution is -0.139. The van der Waals surface area contributed by atoms with Gasteiger partial charge < -0.3 is 10.2 Å². The molecule has 0 aromatic heterocycles. The Morgan fingerprint density at radius 2 is 1.79 bits per heavy atom. The molecule has 6 nitrogen and oxygen atoms in total. The third-order valence-electron chi connectivity index (χ3n) is 5.82. The Balaban J connectivity index is 1.52. The number of imide groups is 1. The lowest BCUT2D eigenvalue weighted by atomic mass is 9.87. The topological polar surface area (TPSA) is 69.7 Å². The molecule has 1 N–H and O–H groups in total. The summed E-state index contributed by atoms with van der Waals surface area (Å²) in [6.45, 7) is 2.65. The van der Waals surface area contributed by atoms with Crippen molar-refractivity contribution in [2.45, 2.75) is 31.8 Å². The summed E-state index contributed by atoms with van der Waals surface area (Å²) in [6.07, 6.45) is 1.15. The van der Waals surface area contributed by atoms with E-state index in [1.807, 2.05) is 25.1 Å². The first kappa shape index (κ1) is 19.5. The molecule has 0 spiro atoms. The molecule has 0 aliphatic carbocycles. The molecule has 1 unspecified atom stereocenters. The second kappa shape index (κ2) is 7.52. The number of hydrogen-bond donors (Lipinski definition) is 1. The van der Waals surface area contributed by atoms with Gasteiger partial charge in [0.25, 0.3) is 5.91 Å². The summed E-state index contributed by atoms with van der Waals surface area (Å²) in [5.74, 6) is -0.635. The molecule has 2 aliphatic heterocycles. The lowest BCUT2D eigenvalue weighted by Crippen LogP contribution is -2.46.